The molecule has 86 valence electrons. The molecule has 3 heteroatoms. The maximum absolute atomic E-state index is 11.4. The lowest BCUT2D eigenvalue weighted by atomic mass is 9.97. The quantitative estimate of drug-likeness (QED) is 0.513. The Morgan fingerprint density at radius 1 is 0.824 bits per heavy atom. The van der Waals surface area contributed by atoms with Gasteiger partial charge >= 0.3 is 11.9 Å². The van der Waals surface area contributed by atoms with Crippen LogP contribution in [0.3, 0.4) is 0 Å². The second-order valence-electron chi connectivity index (χ2n) is 3.39. The van der Waals surface area contributed by atoms with E-state index >= 15 is 0 Å². The molecular weight excluding hydrogens is 216 g/mol. The van der Waals surface area contributed by atoms with E-state index in [-0.39, 0.29) is 0 Å². The fourth-order valence-electron chi connectivity index (χ4n) is 1.88. The summed E-state index contributed by atoms with van der Waals surface area (Å²) in [6.07, 6.45) is 0. The van der Waals surface area contributed by atoms with Crippen molar-refractivity contribution >= 4 is 22.7 Å². The molecule has 17 heavy (non-hydrogen) atoms. The molecule has 0 N–H and O–H groups in total. The highest BCUT2D eigenvalue weighted by Crippen LogP contribution is 2.28. The van der Waals surface area contributed by atoms with Crippen molar-refractivity contribution in [2.45, 2.75) is 13.8 Å². The minimum Gasteiger partial charge on any atom is -0.386 e. The van der Waals surface area contributed by atoms with E-state index in [1.165, 1.54) is 0 Å². The van der Waals surface area contributed by atoms with Gasteiger partial charge in [-0.25, -0.2) is 9.59 Å². The van der Waals surface area contributed by atoms with Gasteiger partial charge < -0.3 is 4.74 Å². The molecule has 0 aromatic heterocycles. The molecule has 3 nitrogen and oxygen atoms in total. The van der Waals surface area contributed by atoms with Crippen LogP contribution in [0.5, 0.6) is 0 Å². The summed E-state index contributed by atoms with van der Waals surface area (Å²) in [6, 6.07) is 10.6. The zero-order valence-corrected chi connectivity index (χ0v) is 9.69. The van der Waals surface area contributed by atoms with Crippen LogP contribution in [0, 0.1) is 0 Å². The molecule has 1 aliphatic heterocycles. The molecule has 0 fully saturated rings. The van der Waals surface area contributed by atoms with Crippen molar-refractivity contribution in [1.29, 1.82) is 0 Å². The molecule has 0 aliphatic carbocycles. The molecule has 0 spiro atoms. The smallest absolute Gasteiger partial charge is 0.346 e. The number of rotatable bonds is 0. The Bertz CT molecular complexity index is 551. The number of hydrogen-bond donors (Lipinski definition) is 0. The van der Waals surface area contributed by atoms with Crippen LogP contribution in [0.2, 0.25) is 0 Å². The van der Waals surface area contributed by atoms with E-state index in [4.69, 9.17) is 0 Å². The first-order valence-corrected chi connectivity index (χ1v) is 5.55. The highest BCUT2D eigenvalue weighted by atomic mass is 16.6. The average molecular weight is 228 g/mol. The highest BCUT2D eigenvalue weighted by Gasteiger charge is 2.26. The summed E-state index contributed by atoms with van der Waals surface area (Å²) >= 11 is 0. The Kier molecular flexibility index (Phi) is 2.91. The molecule has 2 aromatic rings. The van der Waals surface area contributed by atoms with Crippen LogP contribution in [-0.2, 0) is 4.74 Å². The topological polar surface area (TPSA) is 43.4 Å². The van der Waals surface area contributed by atoms with Crippen molar-refractivity contribution in [2.75, 3.05) is 0 Å². The molecule has 3 rings (SSSR count). The van der Waals surface area contributed by atoms with Crippen molar-refractivity contribution in [2.24, 2.45) is 0 Å². The van der Waals surface area contributed by atoms with E-state index < -0.39 is 11.9 Å². The van der Waals surface area contributed by atoms with Crippen LogP contribution < -0.4 is 0 Å². The fraction of sp³-hybridized carbons (Fsp3) is 0.143. The van der Waals surface area contributed by atoms with Gasteiger partial charge in [0.05, 0.1) is 11.1 Å². The van der Waals surface area contributed by atoms with E-state index in [0.717, 1.165) is 5.39 Å². The monoisotopic (exact) mass is 228 g/mol. The number of ether oxygens (including phenoxy) is 1. The van der Waals surface area contributed by atoms with Gasteiger partial charge in [0.1, 0.15) is 0 Å². The first kappa shape index (κ1) is 11.3. The molecule has 2 aromatic carbocycles. The molecule has 0 bridgehead atoms. The van der Waals surface area contributed by atoms with Gasteiger partial charge in [0.15, 0.2) is 0 Å². The third-order valence-corrected chi connectivity index (χ3v) is 2.53. The minimum absolute atomic E-state index is 0.461. The fourth-order valence-corrected chi connectivity index (χ4v) is 1.88. The van der Waals surface area contributed by atoms with Gasteiger partial charge in [-0.3, -0.25) is 0 Å². The van der Waals surface area contributed by atoms with Gasteiger partial charge in [0.2, 0.25) is 0 Å². The van der Waals surface area contributed by atoms with Crippen LogP contribution in [-0.4, -0.2) is 11.9 Å². The van der Waals surface area contributed by atoms with E-state index in [0.29, 0.717) is 16.5 Å². The van der Waals surface area contributed by atoms with Crippen LogP contribution in [0.25, 0.3) is 10.8 Å². The second kappa shape index (κ2) is 4.37. The van der Waals surface area contributed by atoms with Crippen LogP contribution in [0.15, 0.2) is 36.4 Å². The van der Waals surface area contributed by atoms with Gasteiger partial charge in [-0.2, -0.15) is 0 Å². The first-order valence-electron chi connectivity index (χ1n) is 5.55. The Hall–Kier alpha value is -2.16. The Morgan fingerprint density at radius 3 is 1.76 bits per heavy atom. The molecule has 0 atom stereocenters. The van der Waals surface area contributed by atoms with E-state index in [2.05, 4.69) is 4.74 Å². The lowest BCUT2D eigenvalue weighted by Gasteiger charge is -2.14. The zero-order valence-electron chi connectivity index (χ0n) is 9.69. The van der Waals surface area contributed by atoms with Crippen molar-refractivity contribution < 1.29 is 14.3 Å². The maximum atomic E-state index is 11.4. The SMILES string of the molecule is CC.O=C1OC(=O)c2cccc3cccc1c23. The molecule has 0 saturated carbocycles. The van der Waals surface area contributed by atoms with E-state index in [1.807, 2.05) is 26.0 Å². The number of cyclic esters (lactones) is 2. The van der Waals surface area contributed by atoms with Gasteiger partial charge in [0.25, 0.3) is 0 Å². The molecule has 0 saturated heterocycles. The predicted octanol–water partition coefficient (Wildman–Crippen LogP) is 3.18. The maximum Gasteiger partial charge on any atom is 0.346 e. The molecule has 1 heterocycles. The van der Waals surface area contributed by atoms with Crippen molar-refractivity contribution in [3.63, 3.8) is 0 Å². The van der Waals surface area contributed by atoms with E-state index in [9.17, 15) is 9.59 Å². The molecule has 0 radical (unpaired) electrons. The van der Waals surface area contributed by atoms with Crippen LogP contribution >= 0.6 is 0 Å². The summed E-state index contributed by atoms with van der Waals surface area (Å²) in [7, 11) is 0. The van der Waals surface area contributed by atoms with Gasteiger partial charge in [-0.1, -0.05) is 38.1 Å². The Balaban J connectivity index is 0.000000514. The number of esters is 2. The average Bonchev–Trinajstić information content (AvgIpc) is 2.38. The second-order valence-corrected chi connectivity index (χ2v) is 3.39. The third-order valence-electron chi connectivity index (χ3n) is 2.53. The van der Waals surface area contributed by atoms with Gasteiger partial charge in [0, 0.05) is 5.39 Å². The first-order chi connectivity index (χ1) is 8.27. The largest absolute Gasteiger partial charge is 0.386 e. The van der Waals surface area contributed by atoms with Crippen molar-refractivity contribution in [3.05, 3.63) is 47.5 Å². The third kappa shape index (κ3) is 1.69. The summed E-state index contributed by atoms with van der Waals surface area (Å²) in [4.78, 5) is 22.9. The normalized spacial score (nSPS) is 12.8. The predicted molar refractivity (Wildman–Crippen MR) is 65.0 cm³/mol. The van der Waals surface area contributed by atoms with Crippen LogP contribution in [0.4, 0.5) is 0 Å². The standard InChI is InChI=1S/C12H6O3.C2H6/c13-11-8-5-1-3-7-4-2-6-9(10(7)8)12(14)15-11;1-2/h1-6H;1-2H3. The molecule has 0 amide bonds. The van der Waals surface area contributed by atoms with Crippen LogP contribution in [0.1, 0.15) is 34.6 Å². The lowest BCUT2D eigenvalue weighted by molar-refractivity contribution is 0.0391. The van der Waals surface area contributed by atoms with E-state index in [1.54, 1.807) is 24.3 Å². The lowest BCUT2D eigenvalue weighted by Crippen LogP contribution is -2.19. The number of hydrogen-bond acceptors (Lipinski definition) is 3. The van der Waals surface area contributed by atoms with Gasteiger partial charge in [-0.05, 0) is 17.5 Å². The Morgan fingerprint density at radius 2 is 1.29 bits per heavy atom. The highest BCUT2D eigenvalue weighted by molar-refractivity contribution is 6.20. The molecule has 0 unspecified atom stereocenters. The zero-order chi connectivity index (χ0) is 12.4. The number of carbonyl (C=O) groups is 2. The molecular formula is C14H12O3. The summed E-state index contributed by atoms with van der Waals surface area (Å²) in [5.74, 6) is -1.13. The summed E-state index contributed by atoms with van der Waals surface area (Å²) in [5, 5.41) is 1.58. The molecule has 1 aliphatic rings. The van der Waals surface area contributed by atoms with Crippen molar-refractivity contribution in [3.8, 4) is 0 Å². The summed E-state index contributed by atoms with van der Waals surface area (Å²) < 4.78 is 4.63. The minimum atomic E-state index is -0.565. The summed E-state index contributed by atoms with van der Waals surface area (Å²) in [5.41, 5.74) is 0.922. The summed E-state index contributed by atoms with van der Waals surface area (Å²) in [6.45, 7) is 4.00. The number of benzene rings is 2. The van der Waals surface area contributed by atoms with Crippen molar-refractivity contribution in [1.82, 2.24) is 0 Å². The Labute approximate surface area is 99.0 Å². The number of carbonyl (C=O) groups excluding carboxylic acids is 2. The van der Waals surface area contributed by atoms with Gasteiger partial charge in [-0.15, -0.1) is 0 Å².